The molecule has 2 aromatic carbocycles. The van der Waals surface area contributed by atoms with Gasteiger partial charge in [-0.05, 0) is 24.3 Å². The summed E-state index contributed by atoms with van der Waals surface area (Å²) in [5.41, 5.74) is 0.817. The third-order valence-electron chi connectivity index (χ3n) is 2.50. The number of azo groups is 1. The minimum absolute atomic E-state index is 0.0323. The lowest BCUT2D eigenvalue weighted by Crippen LogP contribution is -1.96. The van der Waals surface area contributed by atoms with Gasteiger partial charge in [-0.2, -0.15) is 0 Å². The molecule has 0 spiro atoms. The number of phenolic OH excluding ortho intramolecular Hbond substituents is 2. The Hall–Kier alpha value is -2.18. The summed E-state index contributed by atoms with van der Waals surface area (Å²) in [6.45, 7) is 0. The van der Waals surface area contributed by atoms with E-state index in [0.717, 1.165) is 0 Å². The zero-order valence-electron chi connectivity index (χ0n) is 10.2. The highest BCUT2D eigenvalue weighted by atomic mass is 32.1. The van der Waals surface area contributed by atoms with Crippen molar-refractivity contribution in [3.8, 4) is 11.5 Å². The first-order chi connectivity index (χ1) is 9.59. The summed E-state index contributed by atoms with van der Waals surface area (Å²) < 4.78 is 0. The van der Waals surface area contributed by atoms with Gasteiger partial charge in [-0.25, -0.2) is 0 Å². The van der Waals surface area contributed by atoms with Gasteiger partial charge in [0.25, 0.3) is 0 Å². The number of phenols is 2. The monoisotopic (exact) mass is 302 g/mol. The summed E-state index contributed by atoms with van der Waals surface area (Å²) in [6.07, 6.45) is 0. The molecule has 0 unspecified atom stereocenters. The van der Waals surface area contributed by atoms with E-state index in [-0.39, 0.29) is 21.5 Å². The van der Waals surface area contributed by atoms with Gasteiger partial charge in [0.05, 0.1) is 11.1 Å². The Morgan fingerprint density at radius 1 is 0.700 bits per heavy atom. The van der Waals surface area contributed by atoms with Crippen LogP contribution in [0.4, 0.5) is 0 Å². The maximum atomic E-state index is 9.65. The number of benzene rings is 2. The Labute approximate surface area is 126 Å². The quantitative estimate of drug-likeness (QED) is 0.657. The second-order valence-corrected chi connectivity index (χ2v) is 4.62. The number of aromatic hydroxyl groups is 2. The Morgan fingerprint density at radius 2 is 1.05 bits per heavy atom. The van der Waals surface area contributed by atoms with E-state index in [4.69, 9.17) is 24.4 Å². The molecule has 0 aliphatic heterocycles. The zero-order valence-corrected chi connectivity index (χ0v) is 11.9. The second kappa shape index (κ2) is 6.31. The summed E-state index contributed by atoms with van der Waals surface area (Å²) in [7, 11) is 0. The summed E-state index contributed by atoms with van der Waals surface area (Å²) in [5, 5.41) is 26.9. The molecule has 100 valence electrons. The van der Waals surface area contributed by atoms with Crippen molar-refractivity contribution in [1.82, 2.24) is 0 Å². The molecule has 0 bridgehead atoms. The van der Waals surface area contributed by atoms with Crippen LogP contribution in [0.1, 0.15) is 11.1 Å². The zero-order chi connectivity index (χ0) is 14.5. The van der Waals surface area contributed by atoms with Crippen molar-refractivity contribution in [2.24, 2.45) is 10.2 Å². The Morgan fingerprint density at radius 3 is 1.40 bits per heavy atom. The van der Waals surface area contributed by atoms with Crippen LogP contribution in [0.2, 0.25) is 0 Å². The molecule has 0 atom stereocenters. The summed E-state index contributed by atoms with van der Waals surface area (Å²) in [4.78, 5) is 0.252. The summed E-state index contributed by atoms with van der Waals surface area (Å²) in [6, 6.07) is 13.1. The Balaban J connectivity index is 2.18. The van der Waals surface area contributed by atoms with Crippen molar-refractivity contribution in [3.63, 3.8) is 0 Å². The third kappa shape index (κ3) is 3.23. The number of nitrogens with zero attached hydrogens (tertiary/aromatic N) is 2. The van der Waals surface area contributed by atoms with Crippen LogP contribution < -0.4 is 0 Å². The average molecular weight is 302 g/mol. The van der Waals surface area contributed by atoms with Gasteiger partial charge in [0, 0.05) is 0 Å². The molecule has 20 heavy (non-hydrogen) atoms. The molecule has 2 aromatic rings. The number of para-hydroxylation sites is 2. The van der Waals surface area contributed by atoms with Gasteiger partial charge in [-0.15, -0.1) is 10.2 Å². The first-order valence-electron chi connectivity index (χ1n) is 5.66. The van der Waals surface area contributed by atoms with Crippen LogP contribution in [0.25, 0.3) is 0 Å². The lowest BCUT2D eigenvalue weighted by molar-refractivity contribution is 0.473. The van der Waals surface area contributed by atoms with Crippen LogP contribution in [-0.2, 0) is 0 Å². The van der Waals surface area contributed by atoms with E-state index in [1.54, 1.807) is 36.4 Å². The first kappa shape index (κ1) is 14.2. The molecule has 6 heteroatoms. The maximum absolute atomic E-state index is 9.65. The van der Waals surface area contributed by atoms with Crippen LogP contribution in [0.5, 0.6) is 11.5 Å². The fourth-order valence-corrected chi connectivity index (χ4v) is 1.93. The predicted molar refractivity (Wildman–Crippen MR) is 84.5 cm³/mol. The van der Waals surface area contributed by atoms with Crippen molar-refractivity contribution >= 4 is 34.4 Å². The van der Waals surface area contributed by atoms with Crippen molar-refractivity contribution in [2.75, 3.05) is 0 Å². The van der Waals surface area contributed by atoms with Crippen LogP contribution in [0.15, 0.2) is 58.8 Å². The lowest BCUT2D eigenvalue weighted by atomic mass is 10.2. The van der Waals surface area contributed by atoms with Crippen molar-refractivity contribution in [1.29, 1.82) is 0 Å². The van der Waals surface area contributed by atoms with E-state index in [1.807, 2.05) is 0 Å². The van der Waals surface area contributed by atoms with Gasteiger partial charge < -0.3 is 10.2 Å². The fourth-order valence-electron chi connectivity index (χ4n) is 1.51. The molecule has 0 fully saturated rings. The third-order valence-corrected chi connectivity index (χ3v) is 3.10. The van der Waals surface area contributed by atoms with Gasteiger partial charge in [-0.3, -0.25) is 0 Å². The average Bonchev–Trinajstić information content (AvgIpc) is 2.45. The molecule has 2 N–H and O–H groups in total. The molecular weight excluding hydrogens is 292 g/mol. The molecule has 0 heterocycles. The van der Waals surface area contributed by atoms with E-state index < -0.39 is 0 Å². The molecule has 0 saturated carbocycles. The number of hydrogen-bond donors (Lipinski definition) is 2. The minimum atomic E-state index is 0.0323. The number of thiocarbonyl (C=S) groups is 2. The van der Waals surface area contributed by atoms with E-state index in [9.17, 15) is 10.2 Å². The lowest BCUT2D eigenvalue weighted by Gasteiger charge is -2.02. The van der Waals surface area contributed by atoms with E-state index in [2.05, 4.69) is 10.2 Å². The van der Waals surface area contributed by atoms with E-state index >= 15 is 0 Å². The summed E-state index contributed by atoms with van der Waals surface area (Å²) >= 11 is 10.1. The largest absolute Gasteiger partial charge is 0.507 e. The van der Waals surface area contributed by atoms with Gasteiger partial charge in [-0.1, -0.05) is 48.7 Å². The highest BCUT2D eigenvalue weighted by Crippen LogP contribution is 2.20. The molecule has 0 radical (unpaired) electrons. The standard InChI is InChI=1S/C14H10N2O2S2/c17-11-7-3-1-5-9(11)13(19)15-16-14(20)10-6-2-4-8-12(10)18/h1-8,17-18H. The molecule has 0 saturated heterocycles. The molecule has 0 aliphatic carbocycles. The van der Waals surface area contributed by atoms with E-state index in [0.29, 0.717) is 11.1 Å². The number of rotatable bonds is 2. The molecule has 0 aromatic heterocycles. The first-order valence-corrected chi connectivity index (χ1v) is 6.47. The second-order valence-electron chi connectivity index (χ2n) is 3.84. The van der Waals surface area contributed by atoms with Crippen molar-refractivity contribution < 1.29 is 10.2 Å². The number of hydrogen-bond acceptors (Lipinski definition) is 4. The van der Waals surface area contributed by atoms with Crippen LogP contribution >= 0.6 is 24.4 Å². The SMILES string of the molecule is Oc1ccccc1C(=S)N=NC(=S)c1ccccc1O. The fraction of sp³-hybridized carbons (Fsp3) is 0. The van der Waals surface area contributed by atoms with Gasteiger partial charge in [0.2, 0.25) is 0 Å². The smallest absolute Gasteiger partial charge is 0.159 e. The molecule has 2 rings (SSSR count). The van der Waals surface area contributed by atoms with Crippen LogP contribution in [-0.4, -0.2) is 20.2 Å². The normalized spacial score (nSPS) is 10.6. The van der Waals surface area contributed by atoms with Crippen LogP contribution in [0, 0.1) is 0 Å². The van der Waals surface area contributed by atoms with Gasteiger partial charge >= 0.3 is 0 Å². The highest BCUT2D eigenvalue weighted by molar-refractivity contribution is 7.81. The summed E-state index contributed by atoms with van der Waals surface area (Å²) in [5.74, 6) is 0.0647. The minimum Gasteiger partial charge on any atom is -0.507 e. The Bertz CT molecular complexity index is 640. The highest BCUT2D eigenvalue weighted by Gasteiger charge is 2.08. The predicted octanol–water partition coefficient (Wildman–Crippen LogP) is 3.60. The van der Waals surface area contributed by atoms with Crippen molar-refractivity contribution in [3.05, 3.63) is 59.7 Å². The molecule has 0 aliphatic rings. The Kier molecular flexibility index (Phi) is 4.49. The van der Waals surface area contributed by atoms with Crippen molar-refractivity contribution in [2.45, 2.75) is 0 Å². The maximum Gasteiger partial charge on any atom is 0.159 e. The van der Waals surface area contributed by atoms with Crippen LogP contribution in [0.3, 0.4) is 0 Å². The van der Waals surface area contributed by atoms with E-state index in [1.165, 1.54) is 12.1 Å². The molecular formula is C14H10N2O2S2. The molecule has 4 nitrogen and oxygen atoms in total. The molecule has 0 amide bonds. The van der Waals surface area contributed by atoms with Gasteiger partial charge in [0.15, 0.2) is 9.98 Å². The van der Waals surface area contributed by atoms with Gasteiger partial charge in [0.1, 0.15) is 11.5 Å². The topological polar surface area (TPSA) is 65.2 Å².